The second-order valence-electron chi connectivity index (χ2n) is 7.99. The van der Waals surface area contributed by atoms with Gasteiger partial charge in [-0.3, -0.25) is 4.79 Å². The molecule has 2 aliphatic rings. The van der Waals surface area contributed by atoms with Gasteiger partial charge in [-0.25, -0.2) is 8.42 Å². The van der Waals surface area contributed by atoms with Gasteiger partial charge in [0.25, 0.3) is 5.91 Å². The van der Waals surface area contributed by atoms with E-state index < -0.39 is 10.0 Å². The van der Waals surface area contributed by atoms with Crippen molar-refractivity contribution in [2.24, 2.45) is 11.8 Å². The molecule has 2 fully saturated rings. The number of ether oxygens (including phenoxy) is 1. The Kier molecular flexibility index (Phi) is 6.11. The molecule has 1 amide bonds. The maximum absolute atomic E-state index is 13.3. The van der Waals surface area contributed by atoms with E-state index in [1.807, 2.05) is 4.90 Å². The lowest BCUT2D eigenvalue weighted by Gasteiger charge is -2.34. The molecule has 0 radical (unpaired) electrons. The summed E-state index contributed by atoms with van der Waals surface area (Å²) in [5.41, 5.74) is 0.411. The molecule has 2 unspecified atom stereocenters. The van der Waals surface area contributed by atoms with Crippen LogP contribution in [-0.4, -0.2) is 56.8 Å². The van der Waals surface area contributed by atoms with Crippen LogP contribution in [0.5, 0.6) is 5.75 Å². The minimum Gasteiger partial charge on any atom is -0.495 e. The molecule has 0 spiro atoms. The Morgan fingerprint density at radius 2 is 1.70 bits per heavy atom. The van der Waals surface area contributed by atoms with Crippen molar-refractivity contribution in [2.75, 3.05) is 33.3 Å². The molecular weight excluding hydrogens is 364 g/mol. The summed E-state index contributed by atoms with van der Waals surface area (Å²) >= 11 is 0. The van der Waals surface area contributed by atoms with Gasteiger partial charge >= 0.3 is 0 Å². The van der Waals surface area contributed by atoms with Crippen molar-refractivity contribution < 1.29 is 17.9 Å². The van der Waals surface area contributed by atoms with E-state index >= 15 is 0 Å². The van der Waals surface area contributed by atoms with Crippen molar-refractivity contribution in [2.45, 2.75) is 44.4 Å². The fourth-order valence-corrected chi connectivity index (χ4v) is 6.09. The molecule has 7 heteroatoms. The zero-order valence-electron chi connectivity index (χ0n) is 16.5. The molecule has 3 rings (SSSR count). The summed E-state index contributed by atoms with van der Waals surface area (Å²) in [5.74, 6) is 0.811. The normalized spacial score (nSPS) is 24.6. The summed E-state index contributed by atoms with van der Waals surface area (Å²) < 4.78 is 33.5. The SMILES string of the molecule is COc1ccc(C(=O)N2CCCCC2)cc1S(=O)(=O)N1CC(C)CC(C)C1. The molecule has 0 saturated carbocycles. The van der Waals surface area contributed by atoms with E-state index in [2.05, 4.69) is 13.8 Å². The summed E-state index contributed by atoms with van der Waals surface area (Å²) in [7, 11) is -2.26. The second-order valence-corrected chi connectivity index (χ2v) is 9.89. The molecule has 150 valence electrons. The first kappa shape index (κ1) is 20.1. The molecule has 2 heterocycles. The lowest BCUT2D eigenvalue weighted by Crippen LogP contribution is -2.42. The zero-order valence-corrected chi connectivity index (χ0v) is 17.3. The smallest absolute Gasteiger partial charge is 0.253 e. The van der Waals surface area contributed by atoms with Crippen LogP contribution in [0.25, 0.3) is 0 Å². The van der Waals surface area contributed by atoms with E-state index in [4.69, 9.17) is 4.74 Å². The highest BCUT2D eigenvalue weighted by molar-refractivity contribution is 7.89. The monoisotopic (exact) mass is 394 g/mol. The highest BCUT2D eigenvalue weighted by atomic mass is 32.2. The Labute approximate surface area is 162 Å². The second kappa shape index (κ2) is 8.19. The van der Waals surface area contributed by atoms with Gasteiger partial charge in [-0.1, -0.05) is 13.8 Å². The quantitative estimate of drug-likeness (QED) is 0.787. The minimum absolute atomic E-state index is 0.0918. The summed E-state index contributed by atoms with van der Waals surface area (Å²) in [6, 6.07) is 4.76. The highest BCUT2D eigenvalue weighted by Crippen LogP contribution is 2.32. The first-order chi connectivity index (χ1) is 12.8. The highest BCUT2D eigenvalue weighted by Gasteiger charge is 2.34. The van der Waals surface area contributed by atoms with Crippen LogP contribution in [0.1, 0.15) is 49.9 Å². The lowest BCUT2D eigenvalue weighted by molar-refractivity contribution is 0.0724. The fraction of sp³-hybridized carbons (Fsp3) is 0.650. The average Bonchev–Trinajstić information content (AvgIpc) is 2.66. The summed E-state index contributed by atoms with van der Waals surface area (Å²) in [6.45, 7) is 6.61. The number of amides is 1. The van der Waals surface area contributed by atoms with Gasteiger partial charge in [0.1, 0.15) is 10.6 Å². The fourth-order valence-electron chi connectivity index (χ4n) is 4.23. The van der Waals surface area contributed by atoms with Crippen LogP contribution in [0.4, 0.5) is 0 Å². The van der Waals surface area contributed by atoms with Crippen LogP contribution in [0.15, 0.2) is 23.1 Å². The molecule has 0 aromatic heterocycles. The van der Waals surface area contributed by atoms with Gasteiger partial charge in [0.05, 0.1) is 7.11 Å². The zero-order chi connectivity index (χ0) is 19.6. The van der Waals surface area contributed by atoms with Gasteiger partial charge < -0.3 is 9.64 Å². The van der Waals surface area contributed by atoms with E-state index in [1.165, 1.54) is 13.2 Å². The van der Waals surface area contributed by atoms with Crippen molar-refractivity contribution in [1.29, 1.82) is 0 Å². The number of hydrogen-bond acceptors (Lipinski definition) is 4. The first-order valence-electron chi connectivity index (χ1n) is 9.80. The largest absolute Gasteiger partial charge is 0.495 e. The predicted molar refractivity (Wildman–Crippen MR) is 104 cm³/mol. The van der Waals surface area contributed by atoms with Crippen molar-refractivity contribution >= 4 is 15.9 Å². The van der Waals surface area contributed by atoms with Crippen molar-refractivity contribution in [3.8, 4) is 5.75 Å². The Hall–Kier alpha value is -1.60. The topological polar surface area (TPSA) is 66.9 Å². The Morgan fingerprint density at radius 1 is 1.07 bits per heavy atom. The number of hydrogen-bond donors (Lipinski definition) is 0. The van der Waals surface area contributed by atoms with Crippen LogP contribution in [-0.2, 0) is 10.0 Å². The number of likely N-dealkylation sites (tertiary alicyclic amines) is 1. The minimum atomic E-state index is -3.72. The Bertz CT molecular complexity index is 777. The third-order valence-electron chi connectivity index (χ3n) is 5.51. The maximum Gasteiger partial charge on any atom is 0.253 e. The van der Waals surface area contributed by atoms with Crippen LogP contribution in [0.3, 0.4) is 0 Å². The standard InChI is InChI=1S/C20H30N2O4S/c1-15-11-16(2)14-22(13-15)27(24,25)19-12-17(7-8-18(19)26-3)20(23)21-9-5-4-6-10-21/h7-8,12,15-16H,4-6,9-11,13-14H2,1-3H3. The molecule has 6 nitrogen and oxygen atoms in total. The number of nitrogens with zero attached hydrogens (tertiary/aromatic N) is 2. The number of piperidine rings is 2. The maximum atomic E-state index is 13.3. The van der Waals surface area contributed by atoms with Gasteiger partial charge in [-0.2, -0.15) is 4.31 Å². The molecule has 0 aliphatic carbocycles. The van der Waals surface area contributed by atoms with Crippen molar-refractivity contribution in [3.05, 3.63) is 23.8 Å². The number of carbonyl (C=O) groups is 1. The van der Waals surface area contributed by atoms with Crippen molar-refractivity contribution in [1.82, 2.24) is 9.21 Å². The van der Waals surface area contributed by atoms with Gasteiger partial charge in [0.15, 0.2) is 0 Å². The van der Waals surface area contributed by atoms with E-state index in [0.717, 1.165) is 38.8 Å². The van der Waals surface area contributed by atoms with Gasteiger partial charge in [0.2, 0.25) is 10.0 Å². The number of sulfonamides is 1. The van der Waals surface area contributed by atoms with Crippen molar-refractivity contribution in [3.63, 3.8) is 0 Å². The molecular formula is C20H30N2O4S. The Morgan fingerprint density at radius 3 is 2.30 bits per heavy atom. The van der Waals surface area contributed by atoms with Crippen LogP contribution in [0, 0.1) is 11.8 Å². The number of methoxy groups -OCH3 is 1. The number of carbonyl (C=O) groups excluding carboxylic acids is 1. The molecule has 2 atom stereocenters. The average molecular weight is 395 g/mol. The van der Waals surface area contributed by atoms with Crippen LogP contribution in [0.2, 0.25) is 0 Å². The first-order valence-corrected chi connectivity index (χ1v) is 11.2. The van der Waals surface area contributed by atoms with Crippen LogP contribution >= 0.6 is 0 Å². The molecule has 2 saturated heterocycles. The van der Waals surface area contributed by atoms with E-state index in [-0.39, 0.29) is 16.6 Å². The predicted octanol–water partition coefficient (Wildman–Crippen LogP) is 2.99. The van der Waals surface area contributed by atoms with Gasteiger partial charge in [-0.05, 0) is 55.7 Å². The lowest BCUT2D eigenvalue weighted by atomic mass is 9.94. The third-order valence-corrected chi connectivity index (χ3v) is 7.36. The molecule has 0 N–H and O–H groups in total. The molecule has 1 aromatic carbocycles. The molecule has 2 aliphatic heterocycles. The molecule has 27 heavy (non-hydrogen) atoms. The van der Waals surface area contributed by atoms with Gasteiger partial charge in [0, 0.05) is 31.7 Å². The number of rotatable bonds is 4. The molecule has 0 bridgehead atoms. The van der Waals surface area contributed by atoms with Gasteiger partial charge in [-0.15, -0.1) is 0 Å². The summed E-state index contributed by atoms with van der Waals surface area (Å²) in [4.78, 5) is 14.7. The van der Waals surface area contributed by atoms with E-state index in [9.17, 15) is 13.2 Å². The summed E-state index contributed by atoms with van der Waals surface area (Å²) in [6.07, 6.45) is 4.15. The van der Waals surface area contributed by atoms with Crippen LogP contribution < -0.4 is 4.74 Å². The Balaban J connectivity index is 1.94. The molecule has 1 aromatic rings. The van der Waals surface area contributed by atoms with E-state index in [1.54, 1.807) is 16.4 Å². The summed E-state index contributed by atoms with van der Waals surface area (Å²) in [5, 5.41) is 0. The number of benzene rings is 1. The third kappa shape index (κ3) is 4.29. The van der Waals surface area contributed by atoms with E-state index in [0.29, 0.717) is 30.5 Å².